The van der Waals surface area contributed by atoms with E-state index in [9.17, 15) is 64.8 Å². The zero-order valence-corrected chi connectivity index (χ0v) is 45.1. The van der Waals surface area contributed by atoms with Crippen LogP contribution >= 0.6 is 0 Å². The van der Waals surface area contributed by atoms with Crippen molar-refractivity contribution in [2.75, 3.05) is 32.9 Å². The number of nitrogens with zero attached hydrogens (tertiary/aromatic N) is 2. The highest BCUT2D eigenvalue weighted by atomic mass is 16.8. The van der Waals surface area contributed by atoms with Crippen molar-refractivity contribution < 1.29 is 83.5 Å². The standard InChI is InChI=1S/C57H69N7O18/c1-32-22-33(2)24-36(23-32)47-45-35(17-19-60-45)27-64(47)82-49-52(79-40-15-16-41-43(25-40)78-29-42(48(41)72)34-11-13-39(70)14-12-34)80-53(55(76,30-68)57(49,77)44(71)10-6-20-65)56(31-69,81-51(75)46(50(73)74)59-18-7-21-66)63-54(58)62-38(28-67)26-61-37-8-4-3-5-9-37/h11-17,19,21-25,27-29,37-38,44,46,49,52-53,59-61,65,68-71,76-77H,3-10,18,20,26,30-31H2,1-2H3,(H,73,74)(H3,58,62,63). The lowest BCUT2D eigenvalue weighted by Gasteiger charge is -2.59. The Balaban J connectivity index is 1.33. The van der Waals surface area contributed by atoms with Crippen LogP contribution in [0.15, 0.2) is 99.6 Å². The first kappa shape index (κ1) is 60.4. The van der Waals surface area contributed by atoms with Crippen LogP contribution in [0.5, 0.6) is 11.5 Å². The Labute approximate surface area is 469 Å². The maximum atomic E-state index is 14.4. The molecule has 9 atom stereocenters. The van der Waals surface area contributed by atoms with Gasteiger partial charge in [-0.1, -0.05) is 48.6 Å². The third kappa shape index (κ3) is 12.5. The predicted molar refractivity (Wildman–Crippen MR) is 295 cm³/mol. The van der Waals surface area contributed by atoms with E-state index in [4.69, 9.17) is 29.2 Å². The molecule has 1 aliphatic carbocycles. The summed E-state index contributed by atoms with van der Waals surface area (Å²) in [5.74, 6) is -4.64. The number of esters is 1. The number of nitrogens with one attached hydrogen (secondary N) is 4. The zero-order chi connectivity index (χ0) is 58.9. The number of aromatic amines is 1. The first-order valence-electron chi connectivity index (χ1n) is 26.8. The van der Waals surface area contributed by atoms with E-state index in [0.29, 0.717) is 40.3 Å². The summed E-state index contributed by atoms with van der Waals surface area (Å²) in [4.78, 5) is 79.2. The van der Waals surface area contributed by atoms with Gasteiger partial charge in [0.05, 0.1) is 35.4 Å². The fourth-order valence-electron chi connectivity index (χ4n) is 10.9. The minimum atomic E-state index is -3.51. The molecule has 2 fully saturated rings. The fourth-order valence-corrected chi connectivity index (χ4v) is 10.9. The molecule has 0 spiro atoms. The lowest BCUT2D eigenvalue weighted by Crippen LogP contribution is -2.86. The minimum absolute atomic E-state index is 0.0360. The smallest absolute Gasteiger partial charge is 0.337 e. The number of phenolic OH excluding ortho intramolecular Hbond substituents is 1. The van der Waals surface area contributed by atoms with Gasteiger partial charge in [0.25, 0.3) is 0 Å². The van der Waals surface area contributed by atoms with E-state index >= 15 is 0 Å². The van der Waals surface area contributed by atoms with E-state index in [2.05, 4.69) is 25.9 Å². The topological polar surface area (TPSA) is 392 Å². The van der Waals surface area contributed by atoms with Crippen LogP contribution in [0.25, 0.3) is 44.3 Å². The van der Waals surface area contributed by atoms with Gasteiger partial charge in [0.15, 0.2) is 28.7 Å². The Morgan fingerprint density at radius 3 is 2.39 bits per heavy atom. The number of aldehydes is 2. The Morgan fingerprint density at radius 2 is 1.73 bits per heavy atom. The summed E-state index contributed by atoms with van der Waals surface area (Å²) in [6.07, 6.45) is -0.840. The molecule has 82 heavy (non-hydrogen) atoms. The van der Waals surface area contributed by atoms with Crippen molar-refractivity contribution in [2.24, 2.45) is 10.7 Å². The number of phenols is 1. The number of carboxylic acid groups (broad SMARTS) is 1. The number of aliphatic carboxylic acids is 1. The molecule has 0 bridgehead atoms. The van der Waals surface area contributed by atoms with E-state index in [-0.39, 0.29) is 60.0 Å². The van der Waals surface area contributed by atoms with Crippen LogP contribution in [0.3, 0.4) is 0 Å². The number of rotatable bonds is 26. The van der Waals surface area contributed by atoms with Crippen molar-refractivity contribution in [2.45, 2.75) is 125 Å². The highest BCUT2D eigenvalue weighted by molar-refractivity contribution is 5.98. The molecule has 3 aromatic heterocycles. The van der Waals surface area contributed by atoms with Crippen molar-refractivity contribution >= 4 is 52.3 Å². The number of aromatic nitrogens is 2. The van der Waals surface area contributed by atoms with Gasteiger partial charge in [-0.2, -0.15) is 4.73 Å². The minimum Gasteiger partial charge on any atom is -0.508 e. The molecule has 9 unspecified atom stereocenters. The summed E-state index contributed by atoms with van der Waals surface area (Å²) in [5.41, 5.74) is -0.546. The van der Waals surface area contributed by atoms with Gasteiger partial charge in [0, 0.05) is 55.4 Å². The van der Waals surface area contributed by atoms with Crippen molar-refractivity contribution in [1.29, 1.82) is 0 Å². The number of aromatic hydroxyl groups is 1. The number of ether oxygens (including phenoxy) is 3. The molecule has 0 amide bonds. The second-order valence-electron chi connectivity index (χ2n) is 20.7. The normalized spacial score (nSPS) is 22.4. The SMILES string of the molecule is Cc1cc(C)cc(-c2c3[nH]ccc3cn2OC2C(Oc3ccc4c(=O)c(-c5ccc(O)cc5)coc4c3)OC(C(CO)(NC(N)=NC(C=O)CNC3CCCCC3)OC(=O)C(NCCC=O)C(=O)O)C(O)(CO)C2(O)C(O)CCCO)c1. The number of nitrogens with two attached hydrogens (primary N) is 1. The average molecular weight is 1140 g/mol. The number of fused-ring (bicyclic) bond motifs is 2. The number of aliphatic imine (C=N–C) groups is 1. The van der Waals surface area contributed by atoms with Gasteiger partial charge in [-0.15, -0.1) is 0 Å². The van der Waals surface area contributed by atoms with E-state index in [1.807, 2.05) is 32.0 Å². The first-order valence-corrected chi connectivity index (χ1v) is 26.8. The molecule has 2 aliphatic rings. The van der Waals surface area contributed by atoms with Crippen LogP contribution in [0, 0.1) is 13.8 Å². The summed E-state index contributed by atoms with van der Waals surface area (Å²) in [6, 6.07) is 13.5. The molecule has 1 aliphatic heterocycles. The highest BCUT2D eigenvalue weighted by Crippen LogP contribution is 2.47. The van der Waals surface area contributed by atoms with Gasteiger partial charge >= 0.3 is 11.9 Å². The van der Waals surface area contributed by atoms with E-state index in [1.165, 1.54) is 59.7 Å². The van der Waals surface area contributed by atoms with Crippen LogP contribution in [0.4, 0.5) is 0 Å². The molecule has 1 saturated heterocycles. The van der Waals surface area contributed by atoms with Crippen molar-refractivity contribution in [3.63, 3.8) is 0 Å². The first-order chi connectivity index (χ1) is 39.3. The number of hydrogen-bond acceptors (Lipinski definition) is 20. The number of aryl methyl sites for hydroxylation is 2. The van der Waals surface area contributed by atoms with Gasteiger partial charge in [-0.3, -0.25) is 10.1 Å². The van der Waals surface area contributed by atoms with Crippen LogP contribution in [-0.2, 0) is 28.7 Å². The number of guanidine groups is 1. The number of carbonyl (C=O) groups excluding carboxylic acids is 3. The summed E-state index contributed by atoms with van der Waals surface area (Å²) in [7, 11) is 0. The molecular formula is C57H69N7O18. The summed E-state index contributed by atoms with van der Waals surface area (Å²) in [6.45, 7) is -0.559. The summed E-state index contributed by atoms with van der Waals surface area (Å²) >= 11 is 0. The second kappa shape index (κ2) is 26.0. The molecule has 25 nitrogen and oxygen atoms in total. The molecular weight excluding hydrogens is 1070 g/mol. The number of aliphatic hydroxyl groups is 6. The lowest BCUT2D eigenvalue weighted by molar-refractivity contribution is -0.400. The van der Waals surface area contributed by atoms with Gasteiger partial charge in [-0.05, 0) is 87.6 Å². The van der Waals surface area contributed by atoms with Gasteiger partial charge in [0.2, 0.25) is 24.2 Å². The molecule has 440 valence electrons. The zero-order valence-electron chi connectivity index (χ0n) is 45.1. The summed E-state index contributed by atoms with van der Waals surface area (Å²) in [5, 5.41) is 102. The number of carboxylic acids is 1. The molecule has 4 heterocycles. The maximum absolute atomic E-state index is 14.4. The van der Waals surface area contributed by atoms with Gasteiger partial charge in [0.1, 0.15) is 54.3 Å². The molecule has 14 N–H and O–H groups in total. The molecule has 1 saturated carbocycles. The predicted octanol–water partition coefficient (Wildman–Crippen LogP) is 1.18. The number of aliphatic hydroxyl groups excluding tert-OH is 4. The second-order valence-corrected chi connectivity index (χ2v) is 20.7. The van der Waals surface area contributed by atoms with Crippen molar-refractivity contribution in [3.8, 4) is 33.9 Å². The Hall–Kier alpha value is -7.72. The van der Waals surface area contributed by atoms with Gasteiger partial charge < -0.3 is 95.3 Å². The summed E-state index contributed by atoms with van der Waals surface area (Å²) < 4.78 is 26.2. The van der Waals surface area contributed by atoms with Crippen LogP contribution < -0.4 is 36.7 Å². The highest BCUT2D eigenvalue weighted by Gasteiger charge is 2.75. The Morgan fingerprint density at radius 1 is 1.00 bits per heavy atom. The van der Waals surface area contributed by atoms with Crippen LogP contribution in [0.2, 0.25) is 0 Å². The van der Waals surface area contributed by atoms with E-state index in [1.54, 1.807) is 12.3 Å². The third-order valence-electron chi connectivity index (χ3n) is 14.9. The number of benzene rings is 3. The quantitative estimate of drug-likeness (QED) is 0.00690. The van der Waals surface area contributed by atoms with Gasteiger partial charge in [-0.25, -0.2) is 14.6 Å². The van der Waals surface area contributed by atoms with Crippen LogP contribution in [0.1, 0.15) is 62.5 Å². The fraction of sp³-hybridized carbons (Fsp3) is 0.439. The molecule has 6 aromatic rings. The number of hydrogen-bond donors (Lipinski definition) is 13. The van der Waals surface area contributed by atoms with E-state index in [0.717, 1.165) is 43.2 Å². The number of H-pyrrole nitrogens is 1. The molecule has 3 aromatic carbocycles. The lowest BCUT2D eigenvalue weighted by atomic mass is 9.66. The average Bonchev–Trinajstić information content (AvgIpc) is 0.976. The number of carbonyl (C=O) groups is 4. The maximum Gasteiger partial charge on any atom is 0.337 e. The van der Waals surface area contributed by atoms with E-state index < -0.39 is 103 Å². The molecule has 8 rings (SSSR count). The molecule has 25 heteroatoms. The third-order valence-corrected chi connectivity index (χ3v) is 14.9. The van der Waals surface area contributed by atoms with Crippen LogP contribution in [-0.4, -0.2) is 174 Å². The monoisotopic (exact) mass is 1140 g/mol. The van der Waals surface area contributed by atoms with Crippen molar-refractivity contribution in [3.05, 3.63) is 107 Å². The molecule has 0 radical (unpaired) electrons. The largest absolute Gasteiger partial charge is 0.508 e. The Bertz CT molecular complexity index is 3280. The van der Waals surface area contributed by atoms with Crippen molar-refractivity contribution in [1.82, 2.24) is 25.7 Å². The Kier molecular flexibility index (Phi) is 19.2.